The van der Waals surface area contributed by atoms with Gasteiger partial charge in [-0.3, -0.25) is 0 Å². The van der Waals surface area contributed by atoms with E-state index >= 15 is 0 Å². The number of rotatable bonds is 1. The zero-order chi connectivity index (χ0) is 10.9. The van der Waals surface area contributed by atoms with E-state index < -0.39 is 0 Å². The van der Waals surface area contributed by atoms with E-state index in [2.05, 4.69) is 26.2 Å². The van der Waals surface area contributed by atoms with Crippen molar-refractivity contribution in [2.45, 2.75) is 57.6 Å². The van der Waals surface area contributed by atoms with Crippen LogP contribution >= 0.6 is 0 Å². The molecule has 1 heterocycles. The summed E-state index contributed by atoms with van der Waals surface area (Å²) in [6.07, 6.45) is 6.40. The second-order valence-electron chi connectivity index (χ2n) is 5.68. The highest BCUT2D eigenvalue weighted by molar-refractivity contribution is 4.97. The number of hydrogen-bond acceptors (Lipinski definition) is 2. The smallest absolute Gasteiger partial charge is 0.0725 e. The van der Waals surface area contributed by atoms with Crippen LogP contribution in [0.5, 0.6) is 0 Å². The van der Waals surface area contributed by atoms with Crippen LogP contribution in [0, 0.1) is 11.8 Å². The molecule has 0 aromatic heterocycles. The molecule has 2 rings (SSSR count). The van der Waals surface area contributed by atoms with E-state index in [9.17, 15) is 0 Å². The molecule has 0 aromatic rings. The second kappa shape index (κ2) is 4.42. The third-order valence-electron chi connectivity index (χ3n) is 4.54. The summed E-state index contributed by atoms with van der Waals surface area (Å²) in [4.78, 5) is 0. The molecule has 1 N–H and O–H groups in total. The van der Waals surface area contributed by atoms with Crippen LogP contribution in [0.4, 0.5) is 0 Å². The van der Waals surface area contributed by atoms with Crippen LogP contribution in [-0.2, 0) is 4.74 Å². The number of ether oxygens (including phenoxy) is 1. The van der Waals surface area contributed by atoms with Crippen molar-refractivity contribution in [2.24, 2.45) is 11.8 Å². The highest BCUT2D eigenvalue weighted by atomic mass is 16.5. The Kier molecular flexibility index (Phi) is 3.36. The largest absolute Gasteiger partial charge is 0.375 e. The molecule has 1 spiro atoms. The molecule has 1 aliphatic heterocycles. The summed E-state index contributed by atoms with van der Waals surface area (Å²) in [5.74, 6) is 1.58. The topological polar surface area (TPSA) is 21.3 Å². The lowest BCUT2D eigenvalue weighted by Gasteiger charge is -2.49. The van der Waals surface area contributed by atoms with Crippen molar-refractivity contribution >= 4 is 0 Å². The van der Waals surface area contributed by atoms with Crippen LogP contribution in [0.2, 0.25) is 0 Å². The molecule has 0 aromatic carbocycles. The predicted molar refractivity (Wildman–Crippen MR) is 62.9 cm³/mol. The minimum atomic E-state index is 0.198. The molecule has 1 saturated carbocycles. The molecule has 2 aliphatic rings. The first-order valence-electron chi connectivity index (χ1n) is 6.47. The van der Waals surface area contributed by atoms with Gasteiger partial charge in [-0.25, -0.2) is 0 Å². The lowest BCUT2D eigenvalue weighted by atomic mass is 9.68. The predicted octanol–water partition coefficient (Wildman–Crippen LogP) is 2.58. The van der Waals surface area contributed by atoms with Gasteiger partial charge in [0.15, 0.2) is 0 Å². The van der Waals surface area contributed by atoms with Crippen molar-refractivity contribution in [2.75, 3.05) is 13.7 Å². The molecule has 88 valence electrons. The molecule has 2 fully saturated rings. The standard InChI is InChI=1S/C13H25NO/c1-10-4-5-11(2)13(8-10)9-12(14-3)6-7-15-13/h10-12,14H,4-9H2,1-3H3. The summed E-state index contributed by atoms with van der Waals surface area (Å²) < 4.78 is 6.18. The fourth-order valence-corrected chi connectivity index (χ4v) is 3.41. The van der Waals surface area contributed by atoms with Gasteiger partial charge in [-0.1, -0.05) is 20.3 Å². The molecule has 1 aliphatic carbocycles. The SMILES string of the molecule is CNC1CCOC2(CC(C)CCC2C)C1. The Balaban J connectivity index is 2.08. The van der Waals surface area contributed by atoms with Crippen molar-refractivity contribution in [3.05, 3.63) is 0 Å². The van der Waals surface area contributed by atoms with Gasteiger partial charge in [-0.05, 0) is 44.6 Å². The molecule has 0 amide bonds. The van der Waals surface area contributed by atoms with Crippen LogP contribution in [0.3, 0.4) is 0 Å². The third kappa shape index (κ3) is 2.21. The summed E-state index contributed by atoms with van der Waals surface area (Å²) in [7, 11) is 2.08. The minimum Gasteiger partial charge on any atom is -0.375 e. The zero-order valence-electron chi connectivity index (χ0n) is 10.4. The summed E-state index contributed by atoms with van der Waals surface area (Å²) >= 11 is 0. The Hall–Kier alpha value is -0.0800. The Labute approximate surface area is 93.8 Å². The summed E-state index contributed by atoms with van der Waals surface area (Å²) in [6.45, 7) is 5.70. The van der Waals surface area contributed by atoms with Gasteiger partial charge in [0.05, 0.1) is 5.60 Å². The Bertz CT molecular complexity index is 219. The van der Waals surface area contributed by atoms with E-state index in [4.69, 9.17) is 4.74 Å². The molecule has 0 bridgehead atoms. The molecular weight excluding hydrogens is 186 g/mol. The quantitative estimate of drug-likeness (QED) is 0.720. The highest BCUT2D eigenvalue weighted by Gasteiger charge is 2.44. The van der Waals surface area contributed by atoms with Crippen molar-refractivity contribution < 1.29 is 4.74 Å². The Morgan fingerprint density at radius 3 is 2.67 bits per heavy atom. The normalized spacial score (nSPS) is 47.0. The van der Waals surface area contributed by atoms with Crippen LogP contribution in [-0.4, -0.2) is 25.3 Å². The van der Waals surface area contributed by atoms with Crippen LogP contribution in [0.1, 0.15) is 46.0 Å². The van der Waals surface area contributed by atoms with E-state index in [1.165, 1.54) is 32.1 Å². The van der Waals surface area contributed by atoms with E-state index in [0.29, 0.717) is 6.04 Å². The highest BCUT2D eigenvalue weighted by Crippen LogP contribution is 2.44. The Morgan fingerprint density at radius 2 is 1.93 bits per heavy atom. The van der Waals surface area contributed by atoms with E-state index in [0.717, 1.165) is 18.4 Å². The zero-order valence-corrected chi connectivity index (χ0v) is 10.4. The maximum atomic E-state index is 6.18. The first kappa shape index (κ1) is 11.4. The van der Waals surface area contributed by atoms with Gasteiger partial charge in [0.2, 0.25) is 0 Å². The van der Waals surface area contributed by atoms with Crippen molar-refractivity contribution in [3.8, 4) is 0 Å². The average Bonchev–Trinajstić information content (AvgIpc) is 2.24. The molecule has 4 unspecified atom stereocenters. The maximum absolute atomic E-state index is 6.18. The van der Waals surface area contributed by atoms with E-state index in [1.807, 2.05) is 0 Å². The summed E-state index contributed by atoms with van der Waals surface area (Å²) in [5, 5.41) is 3.43. The molecule has 15 heavy (non-hydrogen) atoms. The molecule has 4 atom stereocenters. The molecule has 2 heteroatoms. The second-order valence-corrected chi connectivity index (χ2v) is 5.68. The van der Waals surface area contributed by atoms with Crippen LogP contribution in [0.15, 0.2) is 0 Å². The average molecular weight is 211 g/mol. The van der Waals surface area contributed by atoms with E-state index in [1.54, 1.807) is 0 Å². The fraction of sp³-hybridized carbons (Fsp3) is 1.00. The van der Waals surface area contributed by atoms with Gasteiger partial charge >= 0.3 is 0 Å². The lowest BCUT2D eigenvalue weighted by Crippen LogP contribution is -2.52. The summed E-state index contributed by atoms with van der Waals surface area (Å²) in [5.41, 5.74) is 0.198. The van der Waals surface area contributed by atoms with Crippen molar-refractivity contribution in [3.63, 3.8) is 0 Å². The molecular formula is C13H25NO. The number of hydrogen-bond donors (Lipinski definition) is 1. The Morgan fingerprint density at radius 1 is 1.13 bits per heavy atom. The van der Waals surface area contributed by atoms with Gasteiger partial charge < -0.3 is 10.1 Å². The lowest BCUT2D eigenvalue weighted by molar-refractivity contribution is -0.147. The molecule has 2 nitrogen and oxygen atoms in total. The van der Waals surface area contributed by atoms with Gasteiger partial charge in [0, 0.05) is 12.6 Å². The van der Waals surface area contributed by atoms with Gasteiger partial charge in [-0.2, -0.15) is 0 Å². The van der Waals surface area contributed by atoms with Crippen LogP contribution < -0.4 is 5.32 Å². The third-order valence-corrected chi connectivity index (χ3v) is 4.54. The first-order chi connectivity index (χ1) is 7.16. The van der Waals surface area contributed by atoms with Gasteiger partial charge in [-0.15, -0.1) is 0 Å². The van der Waals surface area contributed by atoms with Crippen LogP contribution in [0.25, 0.3) is 0 Å². The minimum absolute atomic E-state index is 0.198. The monoisotopic (exact) mass is 211 g/mol. The first-order valence-corrected chi connectivity index (χ1v) is 6.47. The van der Waals surface area contributed by atoms with Gasteiger partial charge in [0.1, 0.15) is 0 Å². The molecule has 1 saturated heterocycles. The van der Waals surface area contributed by atoms with E-state index in [-0.39, 0.29) is 5.60 Å². The maximum Gasteiger partial charge on any atom is 0.0725 e. The molecule has 0 radical (unpaired) electrons. The summed E-state index contributed by atoms with van der Waals surface area (Å²) in [6, 6.07) is 0.673. The number of nitrogens with one attached hydrogen (secondary N) is 1. The fourth-order valence-electron chi connectivity index (χ4n) is 3.41. The van der Waals surface area contributed by atoms with Crippen molar-refractivity contribution in [1.82, 2.24) is 5.32 Å². The van der Waals surface area contributed by atoms with Crippen molar-refractivity contribution in [1.29, 1.82) is 0 Å². The van der Waals surface area contributed by atoms with Gasteiger partial charge in [0.25, 0.3) is 0 Å².